The molecule has 1 aromatic carbocycles. The molecule has 1 aromatic rings. The summed E-state index contributed by atoms with van der Waals surface area (Å²) in [5.74, 6) is -0.158. The molecule has 0 saturated heterocycles. The van der Waals surface area contributed by atoms with E-state index in [1.807, 2.05) is 37.3 Å². The fraction of sp³-hybridized carbons (Fsp3) is 0.562. The van der Waals surface area contributed by atoms with Gasteiger partial charge in [-0.05, 0) is 25.3 Å². The molecule has 0 aliphatic heterocycles. The molecule has 1 saturated carbocycles. The Labute approximate surface area is 127 Å². The van der Waals surface area contributed by atoms with Crippen molar-refractivity contribution in [2.45, 2.75) is 57.7 Å². The van der Waals surface area contributed by atoms with Crippen molar-refractivity contribution in [3.63, 3.8) is 0 Å². The molecule has 4 heteroatoms. The zero-order valence-electron chi connectivity index (χ0n) is 12.0. The lowest BCUT2D eigenvalue weighted by Crippen LogP contribution is -2.43. The zero-order chi connectivity index (χ0) is 13.5. The minimum Gasteiger partial charge on any atom is -0.460 e. The van der Waals surface area contributed by atoms with Gasteiger partial charge in [-0.25, -0.2) is 0 Å². The van der Waals surface area contributed by atoms with Crippen LogP contribution in [0.5, 0.6) is 0 Å². The second-order valence-corrected chi connectivity index (χ2v) is 5.32. The fourth-order valence-corrected chi connectivity index (χ4v) is 2.54. The molecule has 2 rings (SSSR count). The Bertz CT molecular complexity index is 391. The van der Waals surface area contributed by atoms with Gasteiger partial charge in [-0.1, -0.05) is 49.6 Å². The number of esters is 1. The topological polar surface area (TPSA) is 38.3 Å². The smallest absolute Gasteiger partial charge is 0.323 e. The van der Waals surface area contributed by atoms with Gasteiger partial charge in [-0.3, -0.25) is 4.79 Å². The van der Waals surface area contributed by atoms with E-state index in [9.17, 15) is 4.79 Å². The van der Waals surface area contributed by atoms with E-state index in [-0.39, 0.29) is 24.4 Å². The number of carbonyl (C=O) groups excluding carboxylic acids is 1. The van der Waals surface area contributed by atoms with Crippen LogP contribution in [-0.2, 0) is 16.1 Å². The van der Waals surface area contributed by atoms with Crippen molar-refractivity contribution < 1.29 is 9.53 Å². The second kappa shape index (κ2) is 8.98. The van der Waals surface area contributed by atoms with E-state index in [1.54, 1.807) is 0 Å². The highest BCUT2D eigenvalue weighted by Crippen LogP contribution is 2.18. The monoisotopic (exact) mass is 297 g/mol. The third-order valence-electron chi connectivity index (χ3n) is 3.67. The van der Waals surface area contributed by atoms with E-state index in [1.165, 1.54) is 32.1 Å². The summed E-state index contributed by atoms with van der Waals surface area (Å²) in [7, 11) is 0. The van der Waals surface area contributed by atoms with Crippen molar-refractivity contribution in [1.82, 2.24) is 5.32 Å². The molecule has 0 heterocycles. The SMILES string of the molecule is C[C@H](NC1CCCCC1)C(=O)OCc1ccccc1.Cl. The van der Waals surface area contributed by atoms with Crippen LogP contribution in [0.2, 0.25) is 0 Å². The van der Waals surface area contributed by atoms with Gasteiger partial charge in [0.15, 0.2) is 0 Å². The van der Waals surface area contributed by atoms with Gasteiger partial charge in [0.2, 0.25) is 0 Å². The maximum atomic E-state index is 11.9. The first-order chi connectivity index (χ1) is 9.25. The van der Waals surface area contributed by atoms with Crippen LogP contribution >= 0.6 is 12.4 Å². The Hall–Kier alpha value is -1.06. The fourth-order valence-electron chi connectivity index (χ4n) is 2.54. The molecule has 0 unspecified atom stereocenters. The van der Waals surface area contributed by atoms with E-state index in [2.05, 4.69) is 5.32 Å². The molecule has 0 aromatic heterocycles. The molecular formula is C16H24ClNO2. The third kappa shape index (κ3) is 5.51. The van der Waals surface area contributed by atoms with E-state index >= 15 is 0 Å². The van der Waals surface area contributed by atoms with Crippen molar-refractivity contribution >= 4 is 18.4 Å². The van der Waals surface area contributed by atoms with E-state index in [4.69, 9.17) is 4.74 Å². The molecule has 1 N–H and O–H groups in total. The molecule has 0 spiro atoms. The predicted molar refractivity (Wildman–Crippen MR) is 83.0 cm³/mol. The summed E-state index contributed by atoms with van der Waals surface area (Å²) in [5.41, 5.74) is 1.03. The molecule has 0 amide bonds. The first-order valence-corrected chi connectivity index (χ1v) is 7.22. The van der Waals surface area contributed by atoms with Gasteiger partial charge in [0, 0.05) is 6.04 Å². The molecular weight excluding hydrogens is 274 g/mol. The molecule has 1 atom stereocenters. The summed E-state index contributed by atoms with van der Waals surface area (Å²) >= 11 is 0. The minimum absolute atomic E-state index is 0. The van der Waals surface area contributed by atoms with E-state index < -0.39 is 0 Å². The van der Waals surface area contributed by atoms with Gasteiger partial charge in [0.25, 0.3) is 0 Å². The largest absolute Gasteiger partial charge is 0.460 e. The van der Waals surface area contributed by atoms with Crippen LogP contribution in [0.15, 0.2) is 30.3 Å². The van der Waals surface area contributed by atoms with Gasteiger partial charge in [-0.15, -0.1) is 12.4 Å². The Morgan fingerprint density at radius 1 is 1.25 bits per heavy atom. The van der Waals surface area contributed by atoms with Crippen molar-refractivity contribution in [3.05, 3.63) is 35.9 Å². The number of ether oxygens (including phenoxy) is 1. The first-order valence-electron chi connectivity index (χ1n) is 7.22. The molecule has 1 aliphatic carbocycles. The van der Waals surface area contributed by atoms with Crippen molar-refractivity contribution in [2.24, 2.45) is 0 Å². The lowest BCUT2D eigenvalue weighted by Gasteiger charge is -2.25. The number of halogens is 1. The van der Waals surface area contributed by atoms with Crippen LogP contribution in [0.4, 0.5) is 0 Å². The average molecular weight is 298 g/mol. The first kappa shape index (κ1) is 17.0. The maximum absolute atomic E-state index is 11.9. The number of hydrogen-bond acceptors (Lipinski definition) is 3. The third-order valence-corrected chi connectivity index (χ3v) is 3.67. The normalized spacial score (nSPS) is 17.1. The molecule has 0 bridgehead atoms. The van der Waals surface area contributed by atoms with Gasteiger partial charge in [0.1, 0.15) is 12.6 Å². The predicted octanol–water partition coefficient (Wildman–Crippen LogP) is 3.46. The molecule has 0 radical (unpaired) electrons. The Morgan fingerprint density at radius 3 is 2.55 bits per heavy atom. The van der Waals surface area contributed by atoms with Crippen LogP contribution in [0.25, 0.3) is 0 Å². The molecule has 1 fully saturated rings. The molecule has 1 aliphatic rings. The van der Waals surface area contributed by atoms with Crippen LogP contribution in [0, 0.1) is 0 Å². The summed E-state index contributed by atoms with van der Waals surface area (Å²) in [5, 5.41) is 3.38. The lowest BCUT2D eigenvalue weighted by atomic mass is 9.95. The van der Waals surface area contributed by atoms with Gasteiger partial charge in [0.05, 0.1) is 0 Å². The van der Waals surface area contributed by atoms with Crippen LogP contribution < -0.4 is 5.32 Å². The van der Waals surface area contributed by atoms with Crippen LogP contribution in [-0.4, -0.2) is 18.1 Å². The number of benzene rings is 1. The number of rotatable bonds is 5. The number of nitrogens with one attached hydrogen (secondary N) is 1. The average Bonchev–Trinajstić information content (AvgIpc) is 2.47. The zero-order valence-corrected chi connectivity index (χ0v) is 12.8. The van der Waals surface area contributed by atoms with Crippen molar-refractivity contribution in [2.75, 3.05) is 0 Å². The number of carbonyl (C=O) groups is 1. The van der Waals surface area contributed by atoms with Crippen LogP contribution in [0.3, 0.4) is 0 Å². The Kier molecular flexibility index (Phi) is 7.63. The molecule has 3 nitrogen and oxygen atoms in total. The van der Waals surface area contributed by atoms with Gasteiger partial charge in [-0.2, -0.15) is 0 Å². The molecule has 20 heavy (non-hydrogen) atoms. The quantitative estimate of drug-likeness (QED) is 0.846. The highest BCUT2D eigenvalue weighted by Gasteiger charge is 2.20. The standard InChI is InChI=1S/C16H23NO2.ClH/c1-13(17-15-10-6-3-7-11-15)16(18)19-12-14-8-4-2-5-9-14;/h2,4-5,8-9,13,15,17H,3,6-7,10-12H2,1H3;1H/t13-;/m0./s1. The summed E-state index contributed by atoms with van der Waals surface area (Å²) in [6.07, 6.45) is 6.21. The number of hydrogen-bond donors (Lipinski definition) is 1. The summed E-state index contributed by atoms with van der Waals surface area (Å²) in [4.78, 5) is 11.9. The van der Waals surface area contributed by atoms with Crippen molar-refractivity contribution in [1.29, 1.82) is 0 Å². The second-order valence-electron chi connectivity index (χ2n) is 5.32. The maximum Gasteiger partial charge on any atom is 0.323 e. The summed E-state index contributed by atoms with van der Waals surface area (Å²) in [6, 6.07) is 10.1. The lowest BCUT2D eigenvalue weighted by molar-refractivity contribution is -0.147. The van der Waals surface area contributed by atoms with Gasteiger partial charge >= 0.3 is 5.97 Å². The highest BCUT2D eigenvalue weighted by molar-refractivity contribution is 5.85. The van der Waals surface area contributed by atoms with Gasteiger partial charge < -0.3 is 10.1 Å². The Morgan fingerprint density at radius 2 is 1.90 bits per heavy atom. The van der Waals surface area contributed by atoms with E-state index in [0.717, 1.165) is 5.56 Å². The van der Waals surface area contributed by atoms with E-state index in [0.29, 0.717) is 12.6 Å². The van der Waals surface area contributed by atoms with Crippen LogP contribution in [0.1, 0.15) is 44.6 Å². The van der Waals surface area contributed by atoms with Crippen molar-refractivity contribution in [3.8, 4) is 0 Å². The minimum atomic E-state index is -0.216. The summed E-state index contributed by atoms with van der Waals surface area (Å²) < 4.78 is 5.33. The molecule has 112 valence electrons. The highest BCUT2D eigenvalue weighted by atomic mass is 35.5. The Balaban J connectivity index is 0.00000200. The summed E-state index contributed by atoms with van der Waals surface area (Å²) in [6.45, 7) is 2.25.